The zero-order chi connectivity index (χ0) is 14.7. The molecule has 0 radical (unpaired) electrons. The third kappa shape index (κ3) is 2.90. The molecule has 1 atom stereocenters. The first-order valence-corrected chi connectivity index (χ1v) is 7.50. The van der Waals surface area contributed by atoms with Crippen molar-refractivity contribution >= 4 is 44.6 Å². The van der Waals surface area contributed by atoms with E-state index in [2.05, 4.69) is 11.2 Å². The number of thiophene rings is 1. The summed E-state index contributed by atoms with van der Waals surface area (Å²) in [7, 11) is 0. The van der Waals surface area contributed by atoms with Crippen molar-refractivity contribution in [1.29, 1.82) is 0 Å². The minimum Gasteiger partial charge on any atom is -0.397 e. The van der Waals surface area contributed by atoms with Crippen molar-refractivity contribution in [1.82, 2.24) is 5.32 Å². The maximum absolute atomic E-state index is 12.3. The summed E-state index contributed by atoms with van der Waals surface area (Å²) in [6, 6.07) is 5.15. The summed E-state index contributed by atoms with van der Waals surface area (Å²) in [5.41, 5.74) is 6.50. The van der Waals surface area contributed by atoms with E-state index in [4.69, 9.17) is 23.8 Å². The third-order valence-electron chi connectivity index (χ3n) is 2.98. The van der Waals surface area contributed by atoms with E-state index in [1.54, 1.807) is 12.1 Å². The van der Waals surface area contributed by atoms with Gasteiger partial charge in [-0.3, -0.25) is 4.79 Å². The summed E-state index contributed by atoms with van der Waals surface area (Å²) in [5, 5.41) is 4.23. The Labute approximate surface area is 127 Å². The zero-order valence-corrected chi connectivity index (χ0v) is 12.6. The number of nitrogens with two attached hydrogens (primary N) is 1. The van der Waals surface area contributed by atoms with Gasteiger partial charge in [0.1, 0.15) is 4.88 Å². The highest BCUT2D eigenvalue weighted by Crippen LogP contribution is 2.35. The number of terminal acetylenes is 1. The van der Waals surface area contributed by atoms with Gasteiger partial charge in [-0.25, -0.2) is 0 Å². The van der Waals surface area contributed by atoms with Crippen LogP contribution in [0.3, 0.4) is 0 Å². The van der Waals surface area contributed by atoms with Gasteiger partial charge >= 0.3 is 0 Å². The monoisotopic (exact) mass is 306 g/mol. The highest BCUT2D eigenvalue weighted by molar-refractivity contribution is 7.21. The van der Waals surface area contributed by atoms with Gasteiger partial charge < -0.3 is 11.1 Å². The first-order valence-electron chi connectivity index (χ1n) is 6.31. The summed E-state index contributed by atoms with van der Waals surface area (Å²) < 4.78 is 0.935. The van der Waals surface area contributed by atoms with Gasteiger partial charge in [-0.15, -0.1) is 17.8 Å². The Morgan fingerprint density at radius 1 is 1.60 bits per heavy atom. The lowest BCUT2D eigenvalue weighted by molar-refractivity contribution is 0.0949. The molecule has 1 unspecified atom stereocenters. The number of fused-ring (bicyclic) bond motifs is 1. The van der Waals surface area contributed by atoms with Crippen LogP contribution in [0.2, 0.25) is 5.02 Å². The second-order valence-electron chi connectivity index (χ2n) is 4.47. The van der Waals surface area contributed by atoms with Crippen LogP contribution in [0.1, 0.15) is 29.4 Å². The predicted molar refractivity (Wildman–Crippen MR) is 86.2 cm³/mol. The van der Waals surface area contributed by atoms with Crippen LogP contribution in [0.25, 0.3) is 10.1 Å². The highest BCUT2D eigenvalue weighted by atomic mass is 35.5. The molecule has 1 amide bonds. The van der Waals surface area contributed by atoms with E-state index < -0.39 is 0 Å². The topological polar surface area (TPSA) is 55.1 Å². The van der Waals surface area contributed by atoms with Gasteiger partial charge in [0.2, 0.25) is 0 Å². The quantitative estimate of drug-likeness (QED) is 0.847. The first kappa shape index (κ1) is 14.7. The van der Waals surface area contributed by atoms with Crippen LogP contribution in [0, 0.1) is 12.3 Å². The van der Waals surface area contributed by atoms with E-state index >= 15 is 0 Å². The largest absolute Gasteiger partial charge is 0.397 e. The molecule has 104 valence electrons. The van der Waals surface area contributed by atoms with E-state index in [-0.39, 0.29) is 11.9 Å². The van der Waals surface area contributed by atoms with E-state index in [0.717, 1.165) is 22.9 Å². The molecule has 0 aliphatic rings. The molecular weight excluding hydrogens is 292 g/mol. The number of benzene rings is 1. The summed E-state index contributed by atoms with van der Waals surface area (Å²) >= 11 is 7.30. The van der Waals surface area contributed by atoms with Crippen LogP contribution in [0.5, 0.6) is 0 Å². The van der Waals surface area contributed by atoms with Gasteiger partial charge in [0, 0.05) is 15.1 Å². The number of hydrogen-bond acceptors (Lipinski definition) is 3. The SMILES string of the molecule is C#CC(CCC)NC(=O)c1sc2ccc(Cl)cc2c1N. The number of nitrogen functional groups attached to an aromatic ring is 1. The molecule has 3 N–H and O–H groups in total. The predicted octanol–water partition coefficient (Wildman–Crippen LogP) is 3.67. The highest BCUT2D eigenvalue weighted by Gasteiger charge is 2.18. The molecule has 5 heteroatoms. The van der Waals surface area contributed by atoms with Crippen molar-refractivity contribution in [2.45, 2.75) is 25.8 Å². The molecule has 0 aliphatic carbocycles. The lowest BCUT2D eigenvalue weighted by Gasteiger charge is -2.11. The minimum atomic E-state index is -0.263. The summed E-state index contributed by atoms with van der Waals surface area (Å²) in [5.74, 6) is 2.35. The maximum atomic E-state index is 12.3. The molecule has 2 aromatic rings. The molecule has 1 heterocycles. The van der Waals surface area contributed by atoms with Crippen molar-refractivity contribution in [2.75, 3.05) is 5.73 Å². The number of nitrogens with one attached hydrogen (secondary N) is 1. The van der Waals surface area contributed by atoms with Crippen LogP contribution in [0.4, 0.5) is 5.69 Å². The number of halogens is 1. The molecule has 1 aromatic heterocycles. The first-order chi connectivity index (χ1) is 9.56. The second-order valence-corrected chi connectivity index (χ2v) is 5.96. The van der Waals surface area contributed by atoms with E-state index in [0.29, 0.717) is 15.6 Å². The van der Waals surface area contributed by atoms with E-state index in [1.807, 2.05) is 13.0 Å². The number of anilines is 1. The van der Waals surface area contributed by atoms with Crippen molar-refractivity contribution in [3.8, 4) is 12.3 Å². The molecule has 0 aliphatic heterocycles. The average molecular weight is 307 g/mol. The molecule has 20 heavy (non-hydrogen) atoms. The Hall–Kier alpha value is -1.70. The fourth-order valence-electron chi connectivity index (χ4n) is 1.97. The summed E-state index contributed by atoms with van der Waals surface area (Å²) in [4.78, 5) is 12.7. The van der Waals surface area contributed by atoms with Crippen molar-refractivity contribution in [3.05, 3.63) is 28.1 Å². The lowest BCUT2D eigenvalue weighted by Crippen LogP contribution is -2.33. The molecule has 3 nitrogen and oxygen atoms in total. The van der Waals surface area contributed by atoms with Gasteiger partial charge in [0.15, 0.2) is 0 Å². The third-order valence-corrected chi connectivity index (χ3v) is 4.40. The normalized spacial score (nSPS) is 12.1. The van der Waals surface area contributed by atoms with Gasteiger partial charge in [0.05, 0.1) is 11.7 Å². The number of rotatable bonds is 4. The van der Waals surface area contributed by atoms with Crippen molar-refractivity contribution < 1.29 is 4.79 Å². The van der Waals surface area contributed by atoms with E-state index in [1.165, 1.54) is 11.3 Å². The molecule has 0 fully saturated rings. The smallest absolute Gasteiger partial charge is 0.264 e. The van der Waals surface area contributed by atoms with Crippen LogP contribution >= 0.6 is 22.9 Å². The van der Waals surface area contributed by atoms with Crippen molar-refractivity contribution in [2.24, 2.45) is 0 Å². The number of carbonyl (C=O) groups excluding carboxylic acids is 1. The Morgan fingerprint density at radius 3 is 3.00 bits per heavy atom. The minimum absolute atomic E-state index is 0.226. The van der Waals surface area contributed by atoms with Crippen LogP contribution in [-0.4, -0.2) is 11.9 Å². The molecule has 1 aromatic carbocycles. The summed E-state index contributed by atoms with van der Waals surface area (Å²) in [6.07, 6.45) is 7.07. The Kier molecular flexibility index (Phi) is 4.53. The van der Waals surface area contributed by atoms with Gasteiger partial charge in [-0.05, 0) is 24.6 Å². The Bertz CT molecular complexity index is 687. The zero-order valence-electron chi connectivity index (χ0n) is 11.1. The number of carbonyl (C=O) groups is 1. The maximum Gasteiger partial charge on any atom is 0.264 e. The molecule has 0 saturated heterocycles. The van der Waals surface area contributed by atoms with Crippen LogP contribution in [0.15, 0.2) is 18.2 Å². The molecule has 0 bridgehead atoms. The second kappa shape index (κ2) is 6.17. The lowest BCUT2D eigenvalue weighted by atomic mass is 10.1. The molecule has 0 saturated carbocycles. The van der Waals surface area contributed by atoms with Crippen LogP contribution < -0.4 is 11.1 Å². The standard InChI is InChI=1S/C15H15ClN2OS/c1-3-5-10(4-2)18-15(19)14-13(17)11-8-9(16)6-7-12(11)20-14/h2,6-8,10H,3,5,17H2,1H3,(H,18,19). The van der Waals surface area contributed by atoms with Crippen molar-refractivity contribution in [3.63, 3.8) is 0 Å². The van der Waals surface area contributed by atoms with Gasteiger partial charge in [-0.1, -0.05) is 30.9 Å². The van der Waals surface area contributed by atoms with Gasteiger partial charge in [-0.2, -0.15) is 0 Å². The Morgan fingerprint density at radius 2 is 2.35 bits per heavy atom. The average Bonchev–Trinajstić information content (AvgIpc) is 2.75. The fourth-order valence-corrected chi connectivity index (χ4v) is 3.15. The fraction of sp³-hybridized carbons (Fsp3) is 0.267. The molecule has 2 rings (SSSR count). The number of hydrogen-bond donors (Lipinski definition) is 2. The summed E-state index contributed by atoms with van der Waals surface area (Å²) in [6.45, 7) is 2.02. The molecule has 0 spiro atoms. The number of amides is 1. The van der Waals surface area contributed by atoms with E-state index in [9.17, 15) is 4.79 Å². The molecular formula is C15H15ClN2OS. The Balaban J connectivity index is 2.31. The van der Waals surface area contributed by atoms with Crippen LogP contribution in [-0.2, 0) is 0 Å². The van der Waals surface area contributed by atoms with Gasteiger partial charge in [0.25, 0.3) is 5.91 Å².